The summed E-state index contributed by atoms with van der Waals surface area (Å²) in [6.45, 7) is 8.48. The Kier molecular flexibility index (Phi) is 2.37. The Labute approximate surface area is 75.3 Å². The minimum atomic E-state index is 0.736. The van der Waals surface area contributed by atoms with E-state index in [0.29, 0.717) is 0 Å². The van der Waals surface area contributed by atoms with E-state index in [2.05, 4.69) is 24.1 Å². The first-order valence-corrected chi connectivity index (χ1v) is 5.25. The van der Waals surface area contributed by atoms with Crippen molar-refractivity contribution in [3.63, 3.8) is 0 Å². The fourth-order valence-electron chi connectivity index (χ4n) is 2.42. The third-order valence-corrected chi connectivity index (χ3v) is 3.35. The SMILES string of the molecule is CC(C)[C@H]1CN2CCC[C@@H]2CN1. The molecule has 0 bridgehead atoms. The number of rotatable bonds is 1. The zero-order chi connectivity index (χ0) is 8.55. The van der Waals surface area contributed by atoms with Crippen molar-refractivity contribution in [2.45, 2.75) is 38.8 Å². The largest absolute Gasteiger partial charge is 0.311 e. The average Bonchev–Trinajstić information content (AvgIpc) is 2.49. The van der Waals surface area contributed by atoms with E-state index >= 15 is 0 Å². The minimum absolute atomic E-state index is 0.736. The second kappa shape index (κ2) is 3.35. The first kappa shape index (κ1) is 8.52. The van der Waals surface area contributed by atoms with Crippen molar-refractivity contribution in [3.05, 3.63) is 0 Å². The van der Waals surface area contributed by atoms with E-state index in [0.717, 1.165) is 18.0 Å². The van der Waals surface area contributed by atoms with E-state index in [1.165, 1.54) is 32.5 Å². The van der Waals surface area contributed by atoms with Gasteiger partial charge in [-0.2, -0.15) is 0 Å². The quantitative estimate of drug-likeness (QED) is 0.630. The summed E-state index contributed by atoms with van der Waals surface area (Å²) in [6.07, 6.45) is 2.83. The Hall–Kier alpha value is -0.0800. The molecule has 2 fully saturated rings. The van der Waals surface area contributed by atoms with Crippen molar-refractivity contribution in [2.75, 3.05) is 19.6 Å². The van der Waals surface area contributed by atoms with Crippen molar-refractivity contribution in [1.29, 1.82) is 0 Å². The monoisotopic (exact) mass is 168 g/mol. The van der Waals surface area contributed by atoms with Crippen molar-refractivity contribution < 1.29 is 0 Å². The van der Waals surface area contributed by atoms with E-state index in [4.69, 9.17) is 0 Å². The fraction of sp³-hybridized carbons (Fsp3) is 1.00. The smallest absolute Gasteiger partial charge is 0.0221 e. The van der Waals surface area contributed by atoms with Crippen LogP contribution in [0.25, 0.3) is 0 Å². The van der Waals surface area contributed by atoms with Crippen LogP contribution in [0, 0.1) is 5.92 Å². The molecule has 0 unspecified atom stereocenters. The zero-order valence-corrected chi connectivity index (χ0v) is 8.21. The molecule has 2 rings (SSSR count). The molecule has 0 spiro atoms. The molecule has 2 nitrogen and oxygen atoms in total. The summed E-state index contributed by atoms with van der Waals surface area (Å²) in [7, 11) is 0. The predicted octanol–water partition coefficient (Wildman–Crippen LogP) is 1.08. The summed E-state index contributed by atoms with van der Waals surface area (Å²) < 4.78 is 0. The van der Waals surface area contributed by atoms with Gasteiger partial charge in [0.25, 0.3) is 0 Å². The summed E-state index contributed by atoms with van der Waals surface area (Å²) in [6, 6.07) is 1.60. The van der Waals surface area contributed by atoms with Gasteiger partial charge in [0.1, 0.15) is 0 Å². The molecule has 0 aromatic carbocycles. The van der Waals surface area contributed by atoms with Gasteiger partial charge < -0.3 is 5.32 Å². The summed E-state index contributed by atoms with van der Waals surface area (Å²) in [5.41, 5.74) is 0. The molecule has 0 saturated carbocycles. The van der Waals surface area contributed by atoms with Gasteiger partial charge >= 0.3 is 0 Å². The standard InChI is InChI=1S/C10H20N2/c1-8(2)10-7-12-5-3-4-9(12)6-11-10/h8-11H,3-7H2,1-2H3/t9-,10-/m1/s1. The van der Waals surface area contributed by atoms with E-state index in [1.54, 1.807) is 0 Å². The van der Waals surface area contributed by atoms with Gasteiger partial charge in [0.05, 0.1) is 0 Å². The molecule has 0 radical (unpaired) electrons. The summed E-state index contributed by atoms with van der Waals surface area (Å²) >= 11 is 0. The highest BCUT2D eigenvalue weighted by Crippen LogP contribution is 2.21. The maximum atomic E-state index is 3.65. The van der Waals surface area contributed by atoms with Crippen LogP contribution >= 0.6 is 0 Å². The summed E-state index contributed by atoms with van der Waals surface area (Å²) in [4.78, 5) is 2.67. The van der Waals surface area contributed by atoms with E-state index < -0.39 is 0 Å². The molecule has 2 aliphatic heterocycles. The highest BCUT2D eigenvalue weighted by molar-refractivity contribution is 4.90. The molecule has 2 aliphatic rings. The number of nitrogens with zero attached hydrogens (tertiary/aromatic N) is 1. The van der Waals surface area contributed by atoms with Crippen LogP contribution in [0.5, 0.6) is 0 Å². The molecule has 0 aromatic rings. The molecule has 12 heavy (non-hydrogen) atoms. The van der Waals surface area contributed by atoms with E-state index in [-0.39, 0.29) is 0 Å². The van der Waals surface area contributed by atoms with Crippen LogP contribution in [-0.4, -0.2) is 36.6 Å². The van der Waals surface area contributed by atoms with Crippen molar-refractivity contribution in [1.82, 2.24) is 10.2 Å². The minimum Gasteiger partial charge on any atom is -0.311 e. The van der Waals surface area contributed by atoms with Gasteiger partial charge in [-0.25, -0.2) is 0 Å². The maximum absolute atomic E-state index is 3.65. The molecule has 0 aliphatic carbocycles. The van der Waals surface area contributed by atoms with E-state index in [9.17, 15) is 0 Å². The lowest BCUT2D eigenvalue weighted by Crippen LogP contribution is -2.55. The molecule has 2 atom stereocenters. The lowest BCUT2D eigenvalue weighted by atomic mass is 10.0. The van der Waals surface area contributed by atoms with Crippen LogP contribution < -0.4 is 5.32 Å². The highest BCUT2D eigenvalue weighted by Gasteiger charge is 2.31. The van der Waals surface area contributed by atoms with Gasteiger partial charge in [-0.3, -0.25) is 4.90 Å². The molecule has 70 valence electrons. The lowest BCUT2D eigenvalue weighted by Gasteiger charge is -2.37. The third-order valence-electron chi connectivity index (χ3n) is 3.35. The van der Waals surface area contributed by atoms with Gasteiger partial charge in [0.15, 0.2) is 0 Å². The zero-order valence-electron chi connectivity index (χ0n) is 8.21. The topological polar surface area (TPSA) is 15.3 Å². The van der Waals surface area contributed by atoms with Crippen LogP contribution in [0.15, 0.2) is 0 Å². The Bertz CT molecular complexity index is 156. The number of hydrogen-bond donors (Lipinski definition) is 1. The van der Waals surface area contributed by atoms with Crippen molar-refractivity contribution in [3.8, 4) is 0 Å². The van der Waals surface area contributed by atoms with Crippen LogP contribution in [-0.2, 0) is 0 Å². The Morgan fingerprint density at radius 2 is 2.25 bits per heavy atom. The number of nitrogens with one attached hydrogen (secondary N) is 1. The summed E-state index contributed by atoms with van der Waals surface area (Å²) in [5.74, 6) is 0.784. The van der Waals surface area contributed by atoms with Gasteiger partial charge in [-0.1, -0.05) is 13.8 Å². The van der Waals surface area contributed by atoms with Crippen molar-refractivity contribution >= 4 is 0 Å². The van der Waals surface area contributed by atoms with Gasteiger partial charge in [-0.05, 0) is 25.3 Å². The van der Waals surface area contributed by atoms with Gasteiger partial charge in [0, 0.05) is 25.2 Å². The molecule has 2 saturated heterocycles. The normalized spacial score (nSPS) is 37.2. The Morgan fingerprint density at radius 3 is 3.00 bits per heavy atom. The molecular weight excluding hydrogens is 148 g/mol. The maximum Gasteiger partial charge on any atom is 0.0221 e. The van der Waals surface area contributed by atoms with Gasteiger partial charge in [-0.15, -0.1) is 0 Å². The number of hydrogen-bond acceptors (Lipinski definition) is 2. The second-order valence-electron chi connectivity index (χ2n) is 4.55. The predicted molar refractivity (Wildman–Crippen MR) is 51.2 cm³/mol. The Morgan fingerprint density at radius 1 is 1.42 bits per heavy atom. The van der Waals surface area contributed by atoms with Crippen LogP contribution in [0.2, 0.25) is 0 Å². The molecular formula is C10H20N2. The van der Waals surface area contributed by atoms with Crippen molar-refractivity contribution in [2.24, 2.45) is 5.92 Å². The van der Waals surface area contributed by atoms with E-state index in [1.807, 2.05) is 0 Å². The fourth-order valence-corrected chi connectivity index (χ4v) is 2.42. The number of fused-ring (bicyclic) bond motifs is 1. The number of piperazine rings is 1. The molecule has 0 amide bonds. The van der Waals surface area contributed by atoms with Crippen LogP contribution in [0.4, 0.5) is 0 Å². The molecule has 0 aromatic heterocycles. The lowest BCUT2D eigenvalue weighted by molar-refractivity contribution is 0.151. The van der Waals surface area contributed by atoms with Gasteiger partial charge in [0.2, 0.25) is 0 Å². The van der Waals surface area contributed by atoms with Crippen LogP contribution in [0.1, 0.15) is 26.7 Å². The Balaban J connectivity index is 1.92. The first-order chi connectivity index (χ1) is 5.77. The molecule has 1 N–H and O–H groups in total. The highest BCUT2D eigenvalue weighted by atomic mass is 15.2. The summed E-state index contributed by atoms with van der Waals surface area (Å²) in [5, 5.41) is 3.65. The van der Waals surface area contributed by atoms with Crippen LogP contribution in [0.3, 0.4) is 0 Å². The third kappa shape index (κ3) is 1.50. The first-order valence-electron chi connectivity index (χ1n) is 5.25. The molecule has 2 heteroatoms. The molecule has 2 heterocycles. The average molecular weight is 168 g/mol. The second-order valence-corrected chi connectivity index (χ2v) is 4.55.